The quantitative estimate of drug-likeness (QED) is 0.292. The summed E-state index contributed by atoms with van der Waals surface area (Å²) in [5.41, 5.74) is 7.36. The zero-order valence-electron chi connectivity index (χ0n) is 22.9. The lowest BCUT2D eigenvalue weighted by Gasteiger charge is -2.28. The third-order valence-corrected chi connectivity index (χ3v) is 8.13. The van der Waals surface area contributed by atoms with Gasteiger partial charge in [0.2, 0.25) is 0 Å². The number of benzene rings is 3. The molecule has 3 aromatic carbocycles. The molecule has 0 radical (unpaired) electrons. The van der Waals surface area contributed by atoms with E-state index in [0.717, 1.165) is 45.7 Å². The number of rotatable bonds is 9. The van der Waals surface area contributed by atoms with Crippen molar-refractivity contribution in [3.05, 3.63) is 114 Å². The van der Waals surface area contributed by atoms with Gasteiger partial charge in [-0.25, -0.2) is 8.42 Å². The lowest BCUT2D eigenvalue weighted by atomic mass is 9.92. The van der Waals surface area contributed by atoms with E-state index in [9.17, 15) is 8.42 Å². The summed E-state index contributed by atoms with van der Waals surface area (Å²) in [6.45, 7) is 2.28. The molecular weight excluding hydrogens is 532 g/mol. The van der Waals surface area contributed by atoms with Crippen LogP contribution in [0.5, 0.6) is 0 Å². The van der Waals surface area contributed by atoms with Gasteiger partial charge < -0.3 is 10.2 Å². The highest BCUT2D eigenvalue weighted by Gasteiger charge is 2.24. The molecule has 1 atom stereocenters. The second-order valence-electron chi connectivity index (χ2n) is 10.4. The van der Waals surface area contributed by atoms with Crippen molar-refractivity contribution in [3.8, 4) is 0 Å². The average Bonchev–Trinajstić information content (AvgIpc) is 3.37. The SMILES string of the molecule is CS(=O)(=O)CCNCc1cccc(N2C=CC3C=NCC(=Nc4ccc5c(cnn5Cc5ccccc5)c4)C3=C2)c1. The van der Waals surface area contributed by atoms with Crippen LogP contribution in [0.3, 0.4) is 0 Å². The van der Waals surface area contributed by atoms with Crippen molar-refractivity contribution < 1.29 is 8.42 Å². The smallest absolute Gasteiger partial charge is 0.148 e. The summed E-state index contributed by atoms with van der Waals surface area (Å²) in [5.74, 6) is 0.207. The highest BCUT2D eigenvalue weighted by molar-refractivity contribution is 7.90. The van der Waals surface area contributed by atoms with Gasteiger partial charge in [0.1, 0.15) is 9.84 Å². The minimum absolute atomic E-state index is 0.0805. The molecule has 3 heterocycles. The fourth-order valence-electron chi connectivity index (χ4n) is 5.07. The van der Waals surface area contributed by atoms with Gasteiger partial charge in [-0.05, 0) is 41.5 Å². The van der Waals surface area contributed by atoms with E-state index in [1.165, 1.54) is 11.8 Å². The number of sulfone groups is 1. The molecule has 0 saturated carbocycles. The van der Waals surface area contributed by atoms with Crippen molar-refractivity contribution in [2.45, 2.75) is 13.1 Å². The Bertz CT molecular complexity index is 1790. The van der Waals surface area contributed by atoms with Crippen molar-refractivity contribution in [1.82, 2.24) is 15.1 Å². The highest BCUT2D eigenvalue weighted by atomic mass is 32.2. The van der Waals surface area contributed by atoms with Crippen molar-refractivity contribution in [3.63, 3.8) is 0 Å². The molecular formula is C32H32N6O2S. The summed E-state index contributed by atoms with van der Waals surface area (Å²) >= 11 is 0. The fraction of sp³-hybridized carbons (Fsp3) is 0.219. The number of fused-ring (bicyclic) bond motifs is 2. The van der Waals surface area contributed by atoms with Gasteiger partial charge in [0, 0.05) is 60.5 Å². The number of hydrogen-bond acceptors (Lipinski definition) is 7. The summed E-state index contributed by atoms with van der Waals surface area (Å²) in [5, 5.41) is 8.89. The lowest BCUT2D eigenvalue weighted by molar-refractivity contribution is 0.596. The summed E-state index contributed by atoms with van der Waals surface area (Å²) < 4.78 is 24.8. The molecule has 1 unspecified atom stereocenters. The first-order chi connectivity index (χ1) is 19.9. The number of nitrogens with zero attached hydrogens (tertiary/aromatic N) is 5. The maximum absolute atomic E-state index is 11.4. The highest BCUT2D eigenvalue weighted by Crippen LogP contribution is 2.29. The third kappa shape index (κ3) is 6.53. The Hall–Kier alpha value is -4.34. The normalized spacial score (nSPS) is 17.7. The summed E-state index contributed by atoms with van der Waals surface area (Å²) in [4.78, 5) is 11.7. The van der Waals surface area contributed by atoms with E-state index in [-0.39, 0.29) is 11.7 Å². The Kier molecular flexibility index (Phi) is 7.63. The van der Waals surface area contributed by atoms with E-state index in [0.29, 0.717) is 19.6 Å². The number of anilines is 1. The van der Waals surface area contributed by atoms with E-state index in [1.54, 1.807) is 0 Å². The largest absolute Gasteiger partial charge is 0.324 e. The molecule has 0 amide bonds. The molecule has 0 spiro atoms. The summed E-state index contributed by atoms with van der Waals surface area (Å²) in [6, 6.07) is 24.8. The van der Waals surface area contributed by atoms with Crippen molar-refractivity contribution >= 4 is 44.0 Å². The Morgan fingerprint density at radius 2 is 1.88 bits per heavy atom. The minimum Gasteiger partial charge on any atom is -0.324 e. The zero-order chi connectivity index (χ0) is 28.2. The van der Waals surface area contributed by atoms with Crippen LogP contribution in [0.4, 0.5) is 11.4 Å². The van der Waals surface area contributed by atoms with Crippen molar-refractivity contribution in [2.75, 3.05) is 30.0 Å². The predicted molar refractivity (Wildman–Crippen MR) is 167 cm³/mol. The molecule has 9 heteroatoms. The maximum atomic E-state index is 11.4. The Morgan fingerprint density at radius 1 is 1.02 bits per heavy atom. The van der Waals surface area contributed by atoms with Crippen LogP contribution in [-0.2, 0) is 22.9 Å². The molecule has 1 N–H and O–H groups in total. The molecule has 8 nitrogen and oxygen atoms in total. The summed E-state index contributed by atoms with van der Waals surface area (Å²) in [6.07, 6.45) is 11.5. The number of aromatic nitrogens is 2. The zero-order valence-corrected chi connectivity index (χ0v) is 23.7. The number of aliphatic imine (C=N–C) groups is 2. The van der Waals surface area contributed by atoms with E-state index in [1.807, 2.05) is 53.5 Å². The predicted octanol–water partition coefficient (Wildman–Crippen LogP) is 4.91. The Labute approximate surface area is 240 Å². The van der Waals surface area contributed by atoms with Gasteiger partial charge in [0.05, 0.1) is 42.0 Å². The standard InChI is InChI=1S/C32H32N6O2S/c1-41(39,40)15-13-33-18-25-8-5-9-29(16-25)37-14-12-26-19-34-21-31(30(26)23-37)36-28-10-11-32-27(17-28)20-35-38(32)22-24-6-3-2-4-7-24/h2-12,14,16-17,19-20,23,26,33H,13,15,18,21-22H2,1H3. The third-order valence-electron chi connectivity index (χ3n) is 7.18. The minimum atomic E-state index is -2.98. The first kappa shape index (κ1) is 26.9. The van der Waals surface area contributed by atoms with Crippen LogP contribution in [0, 0.1) is 5.92 Å². The summed E-state index contributed by atoms with van der Waals surface area (Å²) in [7, 11) is -2.98. The maximum Gasteiger partial charge on any atom is 0.148 e. The number of allylic oxidation sites excluding steroid dienone is 1. The van der Waals surface area contributed by atoms with Gasteiger partial charge in [-0.3, -0.25) is 14.7 Å². The monoisotopic (exact) mass is 564 g/mol. The molecule has 208 valence electrons. The van der Waals surface area contributed by atoms with Crippen LogP contribution < -0.4 is 10.2 Å². The molecule has 0 saturated heterocycles. The first-order valence-corrected chi connectivity index (χ1v) is 15.7. The molecule has 2 aliphatic heterocycles. The van der Waals surface area contributed by atoms with Gasteiger partial charge in [-0.2, -0.15) is 5.10 Å². The molecule has 6 rings (SSSR count). The lowest BCUT2D eigenvalue weighted by Crippen LogP contribution is -2.27. The van der Waals surface area contributed by atoms with E-state index >= 15 is 0 Å². The Balaban J connectivity index is 1.21. The van der Waals surface area contributed by atoms with Crippen LogP contribution in [0.2, 0.25) is 0 Å². The molecule has 0 bridgehead atoms. The molecule has 1 aromatic heterocycles. The number of nitrogens with one attached hydrogen (secondary N) is 1. The van der Waals surface area contributed by atoms with Gasteiger partial charge in [0.15, 0.2) is 0 Å². The molecule has 0 fully saturated rings. The molecule has 2 aliphatic rings. The van der Waals surface area contributed by atoms with E-state index < -0.39 is 9.84 Å². The molecule has 0 aliphatic carbocycles. The van der Waals surface area contributed by atoms with Crippen LogP contribution in [0.1, 0.15) is 11.1 Å². The van der Waals surface area contributed by atoms with Gasteiger partial charge in [-0.1, -0.05) is 48.5 Å². The van der Waals surface area contributed by atoms with E-state index in [4.69, 9.17) is 4.99 Å². The fourth-order valence-corrected chi connectivity index (χ4v) is 5.58. The molecule has 4 aromatic rings. The second-order valence-corrected chi connectivity index (χ2v) is 12.7. The van der Waals surface area contributed by atoms with Crippen LogP contribution >= 0.6 is 0 Å². The van der Waals surface area contributed by atoms with Crippen LogP contribution in [0.15, 0.2) is 113 Å². The average molecular weight is 565 g/mol. The van der Waals surface area contributed by atoms with E-state index in [2.05, 4.69) is 75.2 Å². The first-order valence-electron chi connectivity index (χ1n) is 13.6. The van der Waals surface area contributed by atoms with Crippen LogP contribution in [0.25, 0.3) is 10.9 Å². The van der Waals surface area contributed by atoms with Crippen LogP contribution in [-0.4, -0.2) is 55.2 Å². The topological polar surface area (TPSA) is 91.9 Å². The number of hydrogen-bond donors (Lipinski definition) is 1. The van der Waals surface area contributed by atoms with Gasteiger partial charge >= 0.3 is 0 Å². The van der Waals surface area contributed by atoms with Gasteiger partial charge in [0.25, 0.3) is 0 Å². The van der Waals surface area contributed by atoms with Crippen molar-refractivity contribution in [1.29, 1.82) is 0 Å². The second kappa shape index (κ2) is 11.6. The molecule has 41 heavy (non-hydrogen) atoms. The van der Waals surface area contributed by atoms with Crippen molar-refractivity contribution in [2.24, 2.45) is 15.9 Å². The Morgan fingerprint density at radius 3 is 2.73 bits per heavy atom. The van der Waals surface area contributed by atoms with Gasteiger partial charge in [-0.15, -0.1) is 0 Å².